The van der Waals surface area contributed by atoms with Crippen molar-refractivity contribution in [3.8, 4) is 0 Å². The molecule has 0 fully saturated rings. The largest absolute Gasteiger partial charge is 0.411 e. The van der Waals surface area contributed by atoms with Crippen molar-refractivity contribution in [3.63, 3.8) is 0 Å². The Bertz CT molecular complexity index is 939. The van der Waals surface area contributed by atoms with E-state index in [0.29, 0.717) is 13.2 Å². The van der Waals surface area contributed by atoms with Gasteiger partial charge >= 0.3 is 0 Å². The van der Waals surface area contributed by atoms with Crippen LogP contribution in [0, 0.1) is 0 Å². The molecule has 5 atom stereocenters. The molecule has 0 bridgehead atoms. The molecule has 0 saturated heterocycles. The molecule has 0 unspecified atom stereocenters. The van der Waals surface area contributed by atoms with Crippen molar-refractivity contribution in [1.82, 2.24) is 0 Å². The van der Waals surface area contributed by atoms with Crippen molar-refractivity contribution in [2.75, 3.05) is 6.61 Å². The molecule has 0 aliphatic carbocycles. The first-order valence-electron chi connectivity index (χ1n) is 16.7. The molecule has 0 aromatic heterocycles. The summed E-state index contributed by atoms with van der Waals surface area (Å²) in [6.07, 6.45) is 24.2. The van der Waals surface area contributed by atoms with E-state index in [0.717, 1.165) is 17.3 Å². The Kier molecular flexibility index (Phi) is 15.5. The second-order valence-corrected chi connectivity index (χ2v) is 19.5. The Morgan fingerprint density at radius 1 is 0.857 bits per heavy atom. The Hall–Kier alpha value is -0.763. The quantitative estimate of drug-likeness (QED) is 0.0839. The Labute approximate surface area is 267 Å². The summed E-state index contributed by atoms with van der Waals surface area (Å²) < 4.78 is 27.2. The minimum Gasteiger partial charge on any atom is -0.411 e. The molecule has 0 radical (unpaired) electrons. The molecule has 4 nitrogen and oxygen atoms in total. The van der Waals surface area contributed by atoms with E-state index >= 15 is 0 Å². The predicted molar refractivity (Wildman–Crippen MR) is 183 cm³/mol. The zero-order chi connectivity index (χ0) is 30.4. The van der Waals surface area contributed by atoms with Crippen LogP contribution in [0.1, 0.15) is 110 Å². The fourth-order valence-corrected chi connectivity index (χ4v) is 7.07. The lowest BCUT2D eigenvalue weighted by atomic mass is 10.0. The van der Waals surface area contributed by atoms with Crippen LogP contribution in [-0.2, 0) is 25.2 Å². The second-order valence-electron chi connectivity index (χ2n) is 13.9. The Morgan fingerprint density at radius 2 is 1.48 bits per heavy atom. The van der Waals surface area contributed by atoms with Gasteiger partial charge in [0.15, 0.2) is 8.32 Å². The first-order chi connectivity index (χ1) is 20.1. The number of hydrogen-bond donors (Lipinski definition) is 0. The Balaban J connectivity index is 1.46. The molecular weight excluding hydrogens is 604 g/mol. The summed E-state index contributed by atoms with van der Waals surface area (Å²) in [5.74, 6) is 0. The van der Waals surface area contributed by atoms with Gasteiger partial charge in [0.2, 0.25) is 0 Å². The van der Waals surface area contributed by atoms with Crippen molar-refractivity contribution < 1.29 is 18.6 Å². The van der Waals surface area contributed by atoms with Gasteiger partial charge in [-0.25, -0.2) is 0 Å². The van der Waals surface area contributed by atoms with E-state index in [9.17, 15) is 0 Å². The first-order valence-corrected chi connectivity index (χ1v) is 20.4. The van der Waals surface area contributed by atoms with E-state index in [1.54, 1.807) is 0 Å². The van der Waals surface area contributed by atoms with E-state index in [4.69, 9.17) is 18.6 Å². The average molecular weight is 664 g/mol. The lowest BCUT2D eigenvalue weighted by molar-refractivity contribution is -0.109. The van der Waals surface area contributed by atoms with Gasteiger partial charge in [-0.15, -0.1) is 0 Å². The molecule has 42 heavy (non-hydrogen) atoms. The summed E-state index contributed by atoms with van der Waals surface area (Å²) in [6.45, 7) is 15.1. The highest BCUT2D eigenvalue weighted by Crippen LogP contribution is 2.39. The van der Waals surface area contributed by atoms with Crippen LogP contribution in [0.3, 0.4) is 0 Å². The smallest absolute Gasteiger partial charge is 0.192 e. The zero-order valence-electron chi connectivity index (χ0n) is 27.4. The molecule has 0 amide bonds. The third-order valence-electron chi connectivity index (χ3n) is 9.15. The van der Waals surface area contributed by atoms with Gasteiger partial charge in [0, 0.05) is 4.47 Å². The van der Waals surface area contributed by atoms with Gasteiger partial charge < -0.3 is 18.6 Å². The number of halogens is 1. The van der Waals surface area contributed by atoms with Gasteiger partial charge in [-0.2, -0.15) is 0 Å². The fourth-order valence-electron chi connectivity index (χ4n) is 5.44. The number of benzene rings is 1. The van der Waals surface area contributed by atoms with E-state index in [1.807, 2.05) is 12.1 Å². The maximum atomic E-state index is 7.01. The van der Waals surface area contributed by atoms with Gasteiger partial charge in [-0.1, -0.05) is 144 Å². The monoisotopic (exact) mass is 662 g/mol. The van der Waals surface area contributed by atoms with Crippen molar-refractivity contribution in [3.05, 3.63) is 58.6 Å². The molecule has 1 aromatic carbocycles. The van der Waals surface area contributed by atoms with Gasteiger partial charge in [0.1, 0.15) is 18.3 Å². The van der Waals surface area contributed by atoms with Crippen LogP contribution >= 0.6 is 15.9 Å². The summed E-state index contributed by atoms with van der Waals surface area (Å²) in [4.78, 5) is 0. The molecule has 0 N–H and O–H groups in total. The maximum Gasteiger partial charge on any atom is 0.192 e. The number of unbranched alkanes of at least 4 members (excludes halogenated alkanes) is 9. The molecule has 2 aliphatic heterocycles. The second kappa shape index (κ2) is 18.3. The third kappa shape index (κ3) is 12.3. The highest BCUT2D eigenvalue weighted by molar-refractivity contribution is 9.10. The fraction of sp³-hybridized carbons (Fsp3) is 0.722. The van der Waals surface area contributed by atoms with E-state index in [2.05, 4.69) is 93.2 Å². The summed E-state index contributed by atoms with van der Waals surface area (Å²) in [7, 11) is -1.93. The molecule has 1 aromatic rings. The van der Waals surface area contributed by atoms with Crippen LogP contribution < -0.4 is 0 Å². The minimum absolute atomic E-state index is 0.0197. The van der Waals surface area contributed by atoms with Crippen LogP contribution in [0.15, 0.2) is 53.0 Å². The SMILES string of the molecule is CCCCCCCCCCCC[C@@H](O[Si](C)(C)C(C)(C)C)[C@H]1C=C[C@H]([C@H]2C=CC[C@@H](COCc3ccc(Br)cc3)O2)O1. The van der Waals surface area contributed by atoms with Crippen LogP contribution in [0.2, 0.25) is 18.1 Å². The van der Waals surface area contributed by atoms with Crippen molar-refractivity contribution >= 4 is 24.2 Å². The summed E-state index contributed by atoms with van der Waals surface area (Å²) >= 11 is 3.49. The lowest BCUT2D eigenvalue weighted by Gasteiger charge is -2.41. The maximum absolute atomic E-state index is 7.01. The number of ether oxygens (including phenoxy) is 3. The molecule has 0 spiro atoms. The standard InChI is InChI=1S/C36H59BrO4Si/c1-7-8-9-10-11-12-13-14-15-16-19-35(41-42(5,6)36(2,3)4)34-26-25-33(40-34)32-20-17-18-31(39-32)28-38-27-29-21-23-30(37)24-22-29/h17,20-26,31-35H,7-16,18-19,27-28H2,1-6H3/t31-,32+,33+,34+,35+/m0/s1. The molecule has 238 valence electrons. The van der Waals surface area contributed by atoms with Crippen LogP contribution in [0.4, 0.5) is 0 Å². The van der Waals surface area contributed by atoms with Gasteiger partial charge in [-0.3, -0.25) is 0 Å². The molecule has 0 saturated carbocycles. The van der Waals surface area contributed by atoms with Crippen molar-refractivity contribution in [2.24, 2.45) is 0 Å². The normalized spacial score (nSPS) is 23.5. The van der Waals surface area contributed by atoms with Crippen LogP contribution in [0.5, 0.6) is 0 Å². The lowest BCUT2D eigenvalue weighted by Crippen LogP contribution is -2.47. The molecule has 3 rings (SSSR count). The van der Waals surface area contributed by atoms with Crippen molar-refractivity contribution in [1.29, 1.82) is 0 Å². The summed E-state index contributed by atoms with van der Waals surface area (Å²) in [5, 5.41) is 0.170. The Morgan fingerprint density at radius 3 is 2.12 bits per heavy atom. The van der Waals surface area contributed by atoms with E-state index < -0.39 is 8.32 Å². The van der Waals surface area contributed by atoms with Crippen LogP contribution in [0.25, 0.3) is 0 Å². The van der Waals surface area contributed by atoms with Gasteiger partial charge in [0.05, 0.1) is 25.4 Å². The molecule has 6 heteroatoms. The number of hydrogen-bond acceptors (Lipinski definition) is 4. The van der Waals surface area contributed by atoms with Crippen LogP contribution in [-0.4, -0.2) is 45.4 Å². The molecular formula is C36H59BrO4Si. The predicted octanol–water partition coefficient (Wildman–Crippen LogP) is 10.7. The first kappa shape index (κ1) is 35.7. The average Bonchev–Trinajstić information content (AvgIpc) is 3.44. The minimum atomic E-state index is -1.93. The van der Waals surface area contributed by atoms with Crippen molar-refractivity contribution in [2.45, 2.75) is 160 Å². The highest BCUT2D eigenvalue weighted by Gasteiger charge is 2.42. The third-order valence-corrected chi connectivity index (χ3v) is 14.2. The topological polar surface area (TPSA) is 36.9 Å². The molecule has 2 aliphatic rings. The van der Waals surface area contributed by atoms with E-state index in [-0.39, 0.29) is 35.6 Å². The number of rotatable bonds is 19. The van der Waals surface area contributed by atoms with E-state index in [1.165, 1.54) is 69.8 Å². The van der Waals surface area contributed by atoms with Gasteiger partial charge in [-0.05, 0) is 48.7 Å². The highest BCUT2D eigenvalue weighted by atomic mass is 79.9. The summed E-state index contributed by atoms with van der Waals surface area (Å²) in [5.41, 5.74) is 1.17. The van der Waals surface area contributed by atoms with Gasteiger partial charge in [0.25, 0.3) is 0 Å². The zero-order valence-corrected chi connectivity index (χ0v) is 30.0. The summed E-state index contributed by atoms with van der Waals surface area (Å²) in [6, 6.07) is 8.27. The molecule has 2 heterocycles.